The minimum atomic E-state index is -1.15. The number of rotatable bonds is 3. The van der Waals surface area contributed by atoms with Crippen LogP contribution >= 0.6 is 35.7 Å². The maximum atomic E-state index is 12.9. The molecule has 7 heteroatoms. The molecule has 4 nitrogen and oxygen atoms in total. The van der Waals surface area contributed by atoms with Crippen LogP contribution in [0.5, 0.6) is 0 Å². The molecule has 0 radical (unpaired) electrons. The van der Waals surface area contributed by atoms with Gasteiger partial charge in [-0.2, -0.15) is 11.8 Å². The van der Waals surface area contributed by atoms with Gasteiger partial charge in [0.05, 0.1) is 6.54 Å². The molecule has 0 amide bonds. The van der Waals surface area contributed by atoms with Crippen LogP contribution in [0.2, 0.25) is 0 Å². The zero-order valence-corrected chi connectivity index (χ0v) is 15.1. The summed E-state index contributed by atoms with van der Waals surface area (Å²) in [5.41, 5.74) is 5.43. The van der Waals surface area contributed by atoms with Gasteiger partial charge < -0.3 is 15.7 Å². The fraction of sp³-hybridized carbons (Fsp3) is 0.500. The molecule has 0 saturated carbocycles. The lowest BCUT2D eigenvalue weighted by molar-refractivity contribution is 0.0670. The van der Waals surface area contributed by atoms with Gasteiger partial charge in [0.1, 0.15) is 11.4 Å². The Bertz CT molecular complexity index is 476. The van der Waals surface area contributed by atoms with E-state index in [2.05, 4.69) is 4.99 Å². The molecule has 3 N–H and O–H groups in total. The summed E-state index contributed by atoms with van der Waals surface area (Å²) in [5.74, 6) is 2.24. The largest absolute Gasteiger partial charge is 0.384 e. The molecule has 1 unspecified atom stereocenters. The fourth-order valence-corrected chi connectivity index (χ4v) is 2.93. The third kappa shape index (κ3) is 5.30. The molecule has 0 aromatic heterocycles. The van der Waals surface area contributed by atoms with Crippen molar-refractivity contribution in [3.63, 3.8) is 0 Å². The van der Waals surface area contributed by atoms with Crippen molar-refractivity contribution in [3.05, 3.63) is 35.6 Å². The van der Waals surface area contributed by atoms with E-state index in [4.69, 9.17) is 5.73 Å². The molecule has 21 heavy (non-hydrogen) atoms. The standard InChI is InChI=1S/C14H20FN3OS.HI/c1-14(19,11-2-4-12(15)5-3-11)10-17-13(16)18-6-8-20-9-7-18;/h2-5,19H,6-10H2,1H3,(H2,16,17);1H. The van der Waals surface area contributed by atoms with Gasteiger partial charge in [0.2, 0.25) is 0 Å². The van der Waals surface area contributed by atoms with Gasteiger partial charge in [0.15, 0.2) is 5.96 Å². The van der Waals surface area contributed by atoms with Gasteiger partial charge >= 0.3 is 0 Å². The number of guanidine groups is 1. The van der Waals surface area contributed by atoms with Gasteiger partial charge in [0, 0.05) is 24.6 Å². The number of nitrogens with two attached hydrogens (primary N) is 1. The zero-order valence-electron chi connectivity index (χ0n) is 12.0. The molecule has 1 aliphatic rings. The van der Waals surface area contributed by atoms with Crippen molar-refractivity contribution in [3.8, 4) is 0 Å². The Morgan fingerprint density at radius 1 is 1.38 bits per heavy atom. The maximum absolute atomic E-state index is 12.9. The normalized spacial score (nSPS) is 18.8. The highest BCUT2D eigenvalue weighted by Crippen LogP contribution is 2.21. The number of benzene rings is 1. The molecule has 1 atom stereocenters. The summed E-state index contributed by atoms with van der Waals surface area (Å²) in [6, 6.07) is 5.80. The van der Waals surface area contributed by atoms with E-state index >= 15 is 0 Å². The Kier molecular flexibility index (Phi) is 7.22. The van der Waals surface area contributed by atoms with Gasteiger partial charge in [-0.1, -0.05) is 12.1 Å². The van der Waals surface area contributed by atoms with E-state index in [0.717, 1.165) is 24.6 Å². The molecule has 0 spiro atoms. The summed E-state index contributed by atoms with van der Waals surface area (Å²) in [7, 11) is 0. The highest BCUT2D eigenvalue weighted by molar-refractivity contribution is 14.0. The monoisotopic (exact) mass is 425 g/mol. The van der Waals surface area contributed by atoms with Crippen molar-refractivity contribution in [2.75, 3.05) is 31.1 Å². The third-order valence-electron chi connectivity index (χ3n) is 3.35. The van der Waals surface area contributed by atoms with Crippen LogP contribution in [0.4, 0.5) is 4.39 Å². The van der Waals surface area contributed by atoms with E-state index in [1.807, 2.05) is 16.7 Å². The summed E-state index contributed by atoms with van der Waals surface area (Å²) in [6.07, 6.45) is 0. The van der Waals surface area contributed by atoms with E-state index in [9.17, 15) is 9.50 Å². The zero-order chi connectivity index (χ0) is 14.6. The summed E-state index contributed by atoms with van der Waals surface area (Å²) >= 11 is 1.90. The van der Waals surface area contributed by atoms with Crippen molar-refractivity contribution in [2.24, 2.45) is 10.7 Å². The molecule has 2 rings (SSSR count). The molecule has 0 bridgehead atoms. The number of hydrogen-bond acceptors (Lipinski definition) is 3. The lowest BCUT2D eigenvalue weighted by atomic mass is 9.96. The summed E-state index contributed by atoms with van der Waals surface area (Å²) in [6.45, 7) is 3.59. The van der Waals surface area contributed by atoms with Crippen molar-refractivity contribution in [1.29, 1.82) is 0 Å². The number of halogens is 2. The van der Waals surface area contributed by atoms with Crippen LogP contribution in [-0.2, 0) is 5.60 Å². The Morgan fingerprint density at radius 3 is 2.52 bits per heavy atom. The van der Waals surface area contributed by atoms with Crippen molar-refractivity contribution in [2.45, 2.75) is 12.5 Å². The smallest absolute Gasteiger partial charge is 0.191 e. The Balaban J connectivity index is 0.00000220. The molecule has 118 valence electrons. The van der Waals surface area contributed by atoms with Crippen LogP contribution in [0, 0.1) is 5.82 Å². The number of aliphatic hydroxyl groups is 1. The first kappa shape index (κ1) is 18.5. The fourth-order valence-electron chi connectivity index (χ4n) is 2.03. The van der Waals surface area contributed by atoms with E-state index < -0.39 is 5.60 Å². The van der Waals surface area contributed by atoms with Crippen LogP contribution in [0.1, 0.15) is 12.5 Å². The summed E-state index contributed by atoms with van der Waals surface area (Å²) in [5, 5.41) is 10.4. The molecule has 1 aliphatic heterocycles. The van der Waals surface area contributed by atoms with Crippen LogP contribution in [0.3, 0.4) is 0 Å². The highest BCUT2D eigenvalue weighted by atomic mass is 127. The van der Waals surface area contributed by atoms with E-state index in [1.54, 1.807) is 19.1 Å². The van der Waals surface area contributed by atoms with Gasteiger partial charge in [0.25, 0.3) is 0 Å². The van der Waals surface area contributed by atoms with E-state index in [0.29, 0.717) is 11.5 Å². The minimum Gasteiger partial charge on any atom is -0.384 e. The molecule has 0 aliphatic carbocycles. The Morgan fingerprint density at radius 2 is 1.95 bits per heavy atom. The topological polar surface area (TPSA) is 61.9 Å². The predicted octanol–water partition coefficient (Wildman–Crippen LogP) is 2.01. The van der Waals surface area contributed by atoms with Crippen LogP contribution in [0.25, 0.3) is 0 Å². The lowest BCUT2D eigenvalue weighted by Gasteiger charge is -2.28. The molecule has 1 heterocycles. The average molecular weight is 425 g/mol. The summed E-state index contributed by atoms with van der Waals surface area (Å²) < 4.78 is 12.9. The second-order valence-electron chi connectivity index (χ2n) is 5.05. The number of hydrogen-bond donors (Lipinski definition) is 2. The third-order valence-corrected chi connectivity index (χ3v) is 4.29. The number of nitrogens with zero attached hydrogens (tertiary/aromatic N) is 2. The molecule has 1 aromatic carbocycles. The first-order chi connectivity index (χ1) is 9.49. The molecular formula is C14H21FIN3OS. The SMILES string of the molecule is CC(O)(CN=C(N)N1CCSCC1)c1ccc(F)cc1.I. The minimum absolute atomic E-state index is 0. The van der Waals surface area contributed by atoms with Crippen LogP contribution in [-0.4, -0.2) is 47.1 Å². The first-order valence-electron chi connectivity index (χ1n) is 6.60. The van der Waals surface area contributed by atoms with Gasteiger partial charge in [-0.15, -0.1) is 24.0 Å². The molecule has 1 aromatic rings. The van der Waals surface area contributed by atoms with Gasteiger partial charge in [-0.25, -0.2) is 9.38 Å². The maximum Gasteiger partial charge on any atom is 0.191 e. The second kappa shape index (κ2) is 8.19. The number of aliphatic imine (C=N–C) groups is 1. The molecule has 1 saturated heterocycles. The quantitative estimate of drug-likeness (QED) is 0.442. The van der Waals surface area contributed by atoms with Crippen molar-refractivity contribution >= 4 is 41.7 Å². The average Bonchev–Trinajstić information content (AvgIpc) is 2.46. The molecular weight excluding hydrogens is 404 g/mol. The van der Waals surface area contributed by atoms with Gasteiger partial charge in [-0.05, 0) is 24.6 Å². The lowest BCUT2D eigenvalue weighted by Crippen LogP contribution is -2.43. The van der Waals surface area contributed by atoms with Crippen LogP contribution < -0.4 is 5.73 Å². The van der Waals surface area contributed by atoms with E-state index in [1.165, 1.54) is 12.1 Å². The highest BCUT2D eigenvalue weighted by Gasteiger charge is 2.23. The van der Waals surface area contributed by atoms with Crippen LogP contribution in [0.15, 0.2) is 29.3 Å². The molecule has 1 fully saturated rings. The Hall–Kier alpha value is -0.540. The first-order valence-corrected chi connectivity index (χ1v) is 7.75. The van der Waals surface area contributed by atoms with E-state index in [-0.39, 0.29) is 36.3 Å². The van der Waals surface area contributed by atoms with Crippen molar-refractivity contribution < 1.29 is 9.50 Å². The predicted molar refractivity (Wildman–Crippen MR) is 96.8 cm³/mol. The summed E-state index contributed by atoms with van der Waals surface area (Å²) in [4.78, 5) is 6.31. The second-order valence-corrected chi connectivity index (χ2v) is 6.28. The van der Waals surface area contributed by atoms with Crippen molar-refractivity contribution in [1.82, 2.24) is 4.90 Å². The number of thioether (sulfide) groups is 1. The Labute approximate surface area is 146 Å². The van der Waals surface area contributed by atoms with Gasteiger partial charge in [-0.3, -0.25) is 0 Å².